The first-order valence-corrected chi connectivity index (χ1v) is 7.79. The number of aromatic nitrogens is 2. The highest BCUT2D eigenvalue weighted by atomic mass is 32.1. The summed E-state index contributed by atoms with van der Waals surface area (Å²) < 4.78 is 2.18. The molecule has 2 rings (SSSR count). The Balaban J connectivity index is 1.88. The van der Waals surface area contributed by atoms with Crippen LogP contribution in [0.5, 0.6) is 0 Å². The second-order valence-electron chi connectivity index (χ2n) is 5.29. The predicted octanol–water partition coefficient (Wildman–Crippen LogP) is 2.02. The van der Waals surface area contributed by atoms with Crippen LogP contribution in [0.1, 0.15) is 37.4 Å². The highest BCUT2D eigenvalue weighted by Crippen LogP contribution is 2.20. The van der Waals surface area contributed by atoms with Gasteiger partial charge in [0, 0.05) is 36.6 Å². The van der Waals surface area contributed by atoms with Crippen LogP contribution in [0.3, 0.4) is 0 Å². The Hall–Kier alpha value is -1.40. The molecule has 0 aromatic carbocycles. The molecule has 2 N–H and O–H groups in total. The highest BCUT2D eigenvalue weighted by molar-refractivity contribution is 7.15. The molecule has 0 unspecified atom stereocenters. The molecule has 5 nitrogen and oxygen atoms in total. The number of hydrogen-bond acceptors (Lipinski definition) is 4. The lowest BCUT2D eigenvalue weighted by Crippen LogP contribution is -2.32. The number of fused-ring (bicyclic) bond motifs is 1. The van der Waals surface area contributed by atoms with E-state index in [2.05, 4.69) is 32.3 Å². The molecule has 0 atom stereocenters. The van der Waals surface area contributed by atoms with Crippen molar-refractivity contribution in [3.8, 4) is 0 Å². The maximum Gasteiger partial charge on any atom is 0.221 e. The van der Waals surface area contributed by atoms with Crippen molar-refractivity contribution in [2.75, 3.05) is 6.54 Å². The van der Waals surface area contributed by atoms with Gasteiger partial charge in [0.1, 0.15) is 0 Å². The van der Waals surface area contributed by atoms with Crippen molar-refractivity contribution in [1.82, 2.24) is 20.0 Å². The van der Waals surface area contributed by atoms with E-state index in [1.54, 1.807) is 11.3 Å². The zero-order chi connectivity index (χ0) is 14.7. The molecule has 20 heavy (non-hydrogen) atoms. The largest absolute Gasteiger partial charge is 0.354 e. The summed E-state index contributed by atoms with van der Waals surface area (Å²) in [5.74, 6) is 0.0920. The van der Waals surface area contributed by atoms with Gasteiger partial charge in [0.15, 0.2) is 4.96 Å². The summed E-state index contributed by atoms with van der Waals surface area (Å²) in [6.07, 6.45) is 0.502. The second-order valence-corrected chi connectivity index (χ2v) is 6.12. The van der Waals surface area contributed by atoms with Crippen LogP contribution in [0.15, 0.2) is 5.38 Å². The maximum atomic E-state index is 11.5. The second kappa shape index (κ2) is 6.37. The van der Waals surface area contributed by atoms with E-state index in [1.807, 2.05) is 20.8 Å². The topological polar surface area (TPSA) is 58.4 Å². The Morgan fingerprint density at radius 3 is 2.90 bits per heavy atom. The Morgan fingerprint density at radius 2 is 2.20 bits per heavy atom. The van der Waals surface area contributed by atoms with Gasteiger partial charge < -0.3 is 10.6 Å². The summed E-state index contributed by atoms with van der Waals surface area (Å²) >= 11 is 1.66. The third kappa shape index (κ3) is 3.37. The molecule has 0 saturated heterocycles. The number of rotatable bonds is 6. The monoisotopic (exact) mass is 294 g/mol. The number of imidazole rings is 1. The molecule has 0 radical (unpaired) electrons. The van der Waals surface area contributed by atoms with Gasteiger partial charge in [0.05, 0.1) is 11.4 Å². The van der Waals surface area contributed by atoms with Gasteiger partial charge in [0.2, 0.25) is 5.91 Å². The van der Waals surface area contributed by atoms with E-state index in [0.29, 0.717) is 13.0 Å². The van der Waals surface area contributed by atoms with Crippen molar-refractivity contribution in [3.63, 3.8) is 0 Å². The third-order valence-electron chi connectivity index (χ3n) is 3.10. The van der Waals surface area contributed by atoms with Crippen LogP contribution in [0.25, 0.3) is 4.96 Å². The van der Waals surface area contributed by atoms with E-state index in [0.717, 1.165) is 17.2 Å². The van der Waals surface area contributed by atoms with E-state index >= 15 is 0 Å². The van der Waals surface area contributed by atoms with Gasteiger partial charge in [-0.3, -0.25) is 9.20 Å². The Morgan fingerprint density at radius 1 is 1.45 bits per heavy atom. The average molecular weight is 294 g/mol. The summed E-state index contributed by atoms with van der Waals surface area (Å²) in [6.45, 7) is 9.47. The maximum absolute atomic E-state index is 11.5. The van der Waals surface area contributed by atoms with E-state index in [9.17, 15) is 4.79 Å². The molecule has 2 aromatic rings. The first kappa shape index (κ1) is 15.0. The summed E-state index contributed by atoms with van der Waals surface area (Å²) in [5, 5.41) is 8.32. The highest BCUT2D eigenvalue weighted by Gasteiger charge is 2.11. The van der Waals surface area contributed by atoms with Gasteiger partial charge in [0.25, 0.3) is 0 Å². The number of thiazole rings is 1. The summed E-state index contributed by atoms with van der Waals surface area (Å²) in [5.41, 5.74) is 3.45. The van der Waals surface area contributed by atoms with Crippen LogP contribution in [-0.4, -0.2) is 27.9 Å². The average Bonchev–Trinajstić information content (AvgIpc) is 2.85. The standard InChI is InChI=1S/C14H22N4OS/c1-9(2)16-13(19)5-6-15-7-12-11(4)17-14-18(12)10(3)8-20-14/h8-9,15H,5-7H2,1-4H3,(H,16,19). The number of aryl methyl sites for hydroxylation is 2. The first-order valence-electron chi connectivity index (χ1n) is 6.91. The molecule has 0 bridgehead atoms. The van der Waals surface area contributed by atoms with Gasteiger partial charge in [-0.1, -0.05) is 0 Å². The van der Waals surface area contributed by atoms with Crippen LogP contribution in [0.2, 0.25) is 0 Å². The van der Waals surface area contributed by atoms with Crippen molar-refractivity contribution in [2.45, 2.75) is 46.7 Å². The fourth-order valence-corrected chi connectivity index (χ4v) is 3.11. The van der Waals surface area contributed by atoms with Gasteiger partial charge in [-0.25, -0.2) is 4.98 Å². The minimum absolute atomic E-state index is 0.0920. The predicted molar refractivity (Wildman–Crippen MR) is 82.1 cm³/mol. The molecule has 0 aliphatic rings. The van der Waals surface area contributed by atoms with Crippen molar-refractivity contribution in [1.29, 1.82) is 0 Å². The lowest BCUT2D eigenvalue weighted by molar-refractivity contribution is -0.121. The lowest BCUT2D eigenvalue weighted by Gasteiger charge is -2.09. The summed E-state index contributed by atoms with van der Waals surface area (Å²) in [4.78, 5) is 17.1. The molecule has 2 aromatic heterocycles. The van der Waals surface area contributed by atoms with E-state index in [1.165, 1.54) is 11.4 Å². The van der Waals surface area contributed by atoms with E-state index < -0.39 is 0 Å². The number of nitrogens with zero attached hydrogens (tertiary/aromatic N) is 2. The van der Waals surface area contributed by atoms with Gasteiger partial charge in [-0.15, -0.1) is 11.3 Å². The van der Waals surface area contributed by atoms with Crippen LogP contribution < -0.4 is 10.6 Å². The van der Waals surface area contributed by atoms with Crippen molar-refractivity contribution in [3.05, 3.63) is 22.5 Å². The first-order chi connectivity index (χ1) is 9.49. The van der Waals surface area contributed by atoms with Crippen molar-refractivity contribution >= 4 is 22.2 Å². The zero-order valence-electron chi connectivity index (χ0n) is 12.5. The molecule has 1 amide bonds. The number of carbonyl (C=O) groups excluding carboxylic acids is 1. The molecule has 0 spiro atoms. The van der Waals surface area contributed by atoms with Crippen LogP contribution >= 0.6 is 11.3 Å². The molecular formula is C14H22N4OS. The quantitative estimate of drug-likeness (QED) is 0.801. The molecule has 110 valence electrons. The molecular weight excluding hydrogens is 272 g/mol. The van der Waals surface area contributed by atoms with E-state index in [-0.39, 0.29) is 11.9 Å². The number of nitrogens with one attached hydrogen (secondary N) is 2. The number of carbonyl (C=O) groups is 1. The number of hydrogen-bond donors (Lipinski definition) is 2. The minimum atomic E-state index is 0.0920. The SMILES string of the molecule is Cc1nc2scc(C)n2c1CNCCC(=O)NC(C)C. The van der Waals surface area contributed by atoms with Crippen LogP contribution in [0, 0.1) is 13.8 Å². The van der Waals surface area contributed by atoms with Gasteiger partial charge in [-0.2, -0.15) is 0 Å². The van der Waals surface area contributed by atoms with Gasteiger partial charge >= 0.3 is 0 Å². The normalized spacial score (nSPS) is 11.4. The zero-order valence-corrected chi connectivity index (χ0v) is 13.3. The van der Waals surface area contributed by atoms with Gasteiger partial charge in [-0.05, 0) is 27.7 Å². The molecule has 0 aliphatic heterocycles. The molecule has 0 fully saturated rings. The lowest BCUT2D eigenvalue weighted by atomic mass is 10.3. The minimum Gasteiger partial charge on any atom is -0.354 e. The van der Waals surface area contributed by atoms with Crippen molar-refractivity contribution < 1.29 is 4.79 Å². The fraction of sp³-hybridized carbons (Fsp3) is 0.571. The molecule has 0 saturated carbocycles. The Labute approximate surface area is 123 Å². The van der Waals surface area contributed by atoms with Crippen molar-refractivity contribution in [2.24, 2.45) is 0 Å². The van der Waals surface area contributed by atoms with Crippen LogP contribution in [-0.2, 0) is 11.3 Å². The Bertz CT molecular complexity index is 600. The molecule has 6 heteroatoms. The molecule has 2 heterocycles. The summed E-state index contributed by atoms with van der Waals surface area (Å²) in [7, 11) is 0. The molecule has 0 aliphatic carbocycles. The smallest absolute Gasteiger partial charge is 0.221 e. The Kier molecular flexibility index (Phi) is 4.77. The summed E-state index contributed by atoms with van der Waals surface area (Å²) in [6, 6.07) is 0.202. The van der Waals surface area contributed by atoms with E-state index in [4.69, 9.17) is 0 Å². The fourth-order valence-electron chi connectivity index (χ4n) is 2.18. The van der Waals surface area contributed by atoms with Crippen LogP contribution in [0.4, 0.5) is 0 Å². The number of amides is 1. The third-order valence-corrected chi connectivity index (χ3v) is 4.04.